The number of aliphatic hydroxyl groups excluding tert-OH is 1. The Labute approximate surface area is 76.2 Å². The Morgan fingerprint density at radius 2 is 2.31 bits per heavy atom. The fraction of sp³-hybridized carbons (Fsp3) is 0.750. The van der Waals surface area contributed by atoms with E-state index in [0.717, 1.165) is 19.3 Å². The molecule has 5 nitrogen and oxygen atoms in total. The molecule has 5 heteroatoms. The predicted molar refractivity (Wildman–Crippen MR) is 46.3 cm³/mol. The number of aryl methyl sites for hydroxylation is 1. The molecule has 0 saturated heterocycles. The molecular weight excluding hydrogens is 170 g/mol. The summed E-state index contributed by atoms with van der Waals surface area (Å²) in [5.41, 5.74) is 0. The second-order valence-electron chi connectivity index (χ2n) is 3.43. The Kier molecular flexibility index (Phi) is 2.18. The van der Waals surface area contributed by atoms with Gasteiger partial charge in [0.2, 0.25) is 5.89 Å². The summed E-state index contributed by atoms with van der Waals surface area (Å²) in [6, 6.07) is 0.728. The largest absolute Gasteiger partial charge is 0.408 e. The van der Waals surface area contributed by atoms with Gasteiger partial charge >= 0.3 is 6.01 Å². The first-order chi connectivity index (χ1) is 6.24. The van der Waals surface area contributed by atoms with Gasteiger partial charge in [-0.1, -0.05) is 5.10 Å². The van der Waals surface area contributed by atoms with Crippen LogP contribution in [0.5, 0.6) is 0 Å². The van der Waals surface area contributed by atoms with Crippen molar-refractivity contribution >= 4 is 6.01 Å². The molecule has 2 N–H and O–H groups in total. The molecule has 0 radical (unpaired) electrons. The summed E-state index contributed by atoms with van der Waals surface area (Å²) in [4.78, 5) is 0. The van der Waals surface area contributed by atoms with Gasteiger partial charge in [0.25, 0.3) is 0 Å². The van der Waals surface area contributed by atoms with Gasteiger partial charge in [-0.2, -0.15) is 0 Å². The molecule has 2 atom stereocenters. The monoisotopic (exact) mass is 183 g/mol. The van der Waals surface area contributed by atoms with E-state index in [4.69, 9.17) is 4.42 Å². The van der Waals surface area contributed by atoms with Crippen molar-refractivity contribution in [2.75, 3.05) is 5.32 Å². The van der Waals surface area contributed by atoms with Crippen LogP contribution in [0, 0.1) is 6.92 Å². The molecule has 1 fully saturated rings. The zero-order valence-electron chi connectivity index (χ0n) is 7.53. The maximum absolute atomic E-state index is 9.28. The minimum absolute atomic E-state index is 0.179. The normalized spacial score (nSPS) is 27.8. The standard InChI is InChI=1S/C8H13N3O2/c1-5-10-11-8(13-5)9-6-2-3-7(12)4-6/h6-7,12H,2-4H2,1H3,(H,9,11)/t6-,7+/m0/s1. The highest BCUT2D eigenvalue weighted by molar-refractivity contribution is 5.20. The van der Waals surface area contributed by atoms with Gasteiger partial charge in [-0.3, -0.25) is 0 Å². The number of hydrogen-bond donors (Lipinski definition) is 2. The predicted octanol–water partition coefficient (Wildman–Crippen LogP) is 0.703. The SMILES string of the molecule is Cc1nnc(N[C@H]2CC[C@@H](O)C2)o1. The first-order valence-electron chi connectivity index (χ1n) is 4.49. The molecule has 0 bridgehead atoms. The van der Waals surface area contributed by atoms with Crippen LogP contribution in [-0.2, 0) is 0 Å². The highest BCUT2D eigenvalue weighted by Crippen LogP contribution is 2.22. The lowest BCUT2D eigenvalue weighted by Crippen LogP contribution is -2.16. The van der Waals surface area contributed by atoms with Gasteiger partial charge in [0.1, 0.15) is 0 Å². The minimum Gasteiger partial charge on any atom is -0.408 e. The van der Waals surface area contributed by atoms with Gasteiger partial charge in [-0.15, -0.1) is 5.10 Å². The molecule has 1 aliphatic rings. The van der Waals surface area contributed by atoms with Crippen LogP contribution in [0.3, 0.4) is 0 Å². The van der Waals surface area contributed by atoms with Gasteiger partial charge in [0, 0.05) is 13.0 Å². The zero-order valence-corrected chi connectivity index (χ0v) is 7.53. The third-order valence-corrected chi connectivity index (χ3v) is 2.26. The Bertz CT molecular complexity index is 287. The average molecular weight is 183 g/mol. The molecule has 13 heavy (non-hydrogen) atoms. The van der Waals surface area contributed by atoms with Crippen LogP contribution in [0.1, 0.15) is 25.2 Å². The number of anilines is 1. The van der Waals surface area contributed by atoms with Crippen molar-refractivity contribution in [2.24, 2.45) is 0 Å². The molecule has 1 heterocycles. The lowest BCUT2D eigenvalue weighted by molar-refractivity contribution is 0.182. The fourth-order valence-corrected chi connectivity index (χ4v) is 1.62. The summed E-state index contributed by atoms with van der Waals surface area (Å²) in [6.45, 7) is 1.75. The van der Waals surface area contributed by atoms with E-state index >= 15 is 0 Å². The maximum Gasteiger partial charge on any atom is 0.315 e. The van der Waals surface area contributed by atoms with Crippen LogP contribution in [0.15, 0.2) is 4.42 Å². The lowest BCUT2D eigenvalue weighted by atomic mass is 10.2. The lowest BCUT2D eigenvalue weighted by Gasteiger charge is -2.08. The van der Waals surface area contributed by atoms with Crippen LogP contribution in [0.25, 0.3) is 0 Å². The molecule has 1 aromatic rings. The van der Waals surface area contributed by atoms with Crippen LogP contribution in [0.2, 0.25) is 0 Å². The molecular formula is C8H13N3O2. The number of nitrogens with zero attached hydrogens (tertiary/aromatic N) is 2. The quantitative estimate of drug-likeness (QED) is 0.706. The van der Waals surface area contributed by atoms with E-state index in [0.29, 0.717) is 11.9 Å². The summed E-state index contributed by atoms with van der Waals surface area (Å²) < 4.78 is 5.17. The van der Waals surface area contributed by atoms with Crippen molar-refractivity contribution in [3.05, 3.63) is 5.89 Å². The van der Waals surface area contributed by atoms with Gasteiger partial charge in [-0.05, 0) is 19.3 Å². The van der Waals surface area contributed by atoms with Crippen LogP contribution in [0.4, 0.5) is 6.01 Å². The van der Waals surface area contributed by atoms with Gasteiger partial charge in [0.05, 0.1) is 6.10 Å². The first kappa shape index (κ1) is 8.50. The average Bonchev–Trinajstić information content (AvgIpc) is 2.62. The molecule has 0 aliphatic heterocycles. The van der Waals surface area contributed by atoms with E-state index in [1.54, 1.807) is 6.92 Å². The highest BCUT2D eigenvalue weighted by Gasteiger charge is 2.23. The van der Waals surface area contributed by atoms with Crippen LogP contribution < -0.4 is 5.32 Å². The molecule has 0 spiro atoms. The molecule has 2 rings (SSSR count). The summed E-state index contributed by atoms with van der Waals surface area (Å²) in [6.07, 6.45) is 2.40. The molecule has 72 valence electrons. The van der Waals surface area contributed by atoms with Crippen molar-refractivity contribution in [3.8, 4) is 0 Å². The fourth-order valence-electron chi connectivity index (χ4n) is 1.62. The van der Waals surface area contributed by atoms with E-state index in [9.17, 15) is 5.11 Å². The highest BCUT2D eigenvalue weighted by atomic mass is 16.4. The Balaban J connectivity index is 1.91. The van der Waals surface area contributed by atoms with E-state index in [-0.39, 0.29) is 12.1 Å². The minimum atomic E-state index is -0.179. The number of aliphatic hydroxyl groups is 1. The molecule has 1 saturated carbocycles. The Hall–Kier alpha value is -1.10. The van der Waals surface area contributed by atoms with E-state index < -0.39 is 0 Å². The molecule has 1 aromatic heterocycles. The third-order valence-electron chi connectivity index (χ3n) is 2.26. The van der Waals surface area contributed by atoms with Crippen molar-refractivity contribution < 1.29 is 9.52 Å². The van der Waals surface area contributed by atoms with Gasteiger partial charge < -0.3 is 14.8 Å². The first-order valence-corrected chi connectivity index (χ1v) is 4.49. The number of aromatic nitrogens is 2. The van der Waals surface area contributed by atoms with Crippen molar-refractivity contribution in [2.45, 2.75) is 38.3 Å². The van der Waals surface area contributed by atoms with Gasteiger partial charge in [0.15, 0.2) is 0 Å². The van der Waals surface area contributed by atoms with E-state index in [2.05, 4.69) is 15.5 Å². The number of hydrogen-bond acceptors (Lipinski definition) is 5. The second kappa shape index (κ2) is 3.33. The number of rotatable bonds is 2. The van der Waals surface area contributed by atoms with Gasteiger partial charge in [-0.25, -0.2) is 0 Å². The molecule has 0 amide bonds. The Morgan fingerprint density at radius 3 is 2.85 bits per heavy atom. The zero-order chi connectivity index (χ0) is 9.26. The smallest absolute Gasteiger partial charge is 0.315 e. The molecule has 0 unspecified atom stereocenters. The summed E-state index contributed by atoms with van der Waals surface area (Å²) in [5.74, 6) is 0.557. The van der Waals surface area contributed by atoms with Crippen molar-refractivity contribution in [1.82, 2.24) is 10.2 Å². The van der Waals surface area contributed by atoms with E-state index in [1.807, 2.05) is 0 Å². The van der Waals surface area contributed by atoms with Crippen molar-refractivity contribution in [1.29, 1.82) is 0 Å². The third kappa shape index (κ3) is 1.98. The molecule has 1 aliphatic carbocycles. The van der Waals surface area contributed by atoms with Crippen LogP contribution >= 0.6 is 0 Å². The van der Waals surface area contributed by atoms with Crippen molar-refractivity contribution in [3.63, 3.8) is 0 Å². The summed E-state index contributed by atoms with van der Waals surface area (Å²) in [7, 11) is 0. The number of nitrogens with one attached hydrogen (secondary N) is 1. The van der Waals surface area contributed by atoms with E-state index in [1.165, 1.54) is 0 Å². The summed E-state index contributed by atoms with van der Waals surface area (Å²) in [5, 5.41) is 19.9. The second-order valence-corrected chi connectivity index (χ2v) is 3.43. The molecule has 0 aromatic carbocycles. The summed E-state index contributed by atoms with van der Waals surface area (Å²) >= 11 is 0. The maximum atomic E-state index is 9.28. The van der Waals surface area contributed by atoms with Crippen LogP contribution in [-0.4, -0.2) is 27.4 Å². The Morgan fingerprint density at radius 1 is 1.46 bits per heavy atom. The topological polar surface area (TPSA) is 71.2 Å².